The maximum atomic E-state index is 11.2. The number of unbranched alkanes of at least 4 members (excludes halogenated alkanes) is 1. The molecule has 0 bridgehead atoms. The van der Waals surface area contributed by atoms with Crippen molar-refractivity contribution < 1.29 is 9.90 Å². The van der Waals surface area contributed by atoms with Crippen molar-refractivity contribution in [3.05, 3.63) is 35.4 Å². The number of carboxylic acid groups (broad SMARTS) is 1. The van der Waals surface area contributed by atoms with Crippen molar-refractivity contribution in [1.29, 1.82) is 0 Å². The average molecular weight is 360 g/mol. The maximum Gasteiger partial charge on any atom is 0.310 e. The fourth-order valence-corrected chi connectivity index (χ4v) is 2.60. The van der Waals surface area contributed by atoms with Crippen LogP contribution in [0.1, 0.15) is 49.7 Å². The second-order valence-electron chi connectivity index (χ2n) is 4.57. The van der Waals surface area contributed by atoms with E-state index in [4.69, 9.17) is 0 Å². The van der Waals surface area contributed by atoms with Gasteiger partial charge in [0.05, 0.1) is 5.92 Å². The Labute approximate surface area is 123 Å². The molecule has 1 N–H and O–H groups in total. The van der Waals surface area contributed by atoms with Gasteiger partial charge in [-0.1, -0.05) is 60.2 Å². The number of carbonyl (C=O) groups is 1. The molecule has 1 rings (SSSR count). The van der Waals surface area contributed by atoms with Crippen molar-refractivity contribution >= 4 is 28.6 Å². The second kappa shape index (κ2) is 8.51. The van der Waals surface area contributed by atoms with Crippen LogP contribution in [0, 0.1) is 0 Å². The third-order valence-electron chi connectivity index (χ3n) is 3.11. The zero-order valence-corrected chi connectivity index (χ0v) is 13.0. The molecule has 0 fully saturated rings. The molecule has 0 saturated carbocycles. The lowest BCUT2D eigenvalue weighted by Crippen LogP contribution is -2.11. The van der Waals surface area contributed by atoms with Gasteiger partial charge in [-0.25, -0.2) is 0 Å². The largest absolute Gasteiger partial charge is 0.481 e. The SMILES string of the molecule is CCC[C@H](C(=O)O)c1ccc(CCCCI)cc1. The minimum Gasteiger partial charge on any atom is -0.481 e. The number of aryl methyl sites for hydroxylation is 1. The normalized spacial score (nSPS) is 12.3. The van der Waals surface area contributed by atoms with Gasteiger partial charge in [-0.15, -0.1) is 0 Å². The van der Waals surface area contributed by atoms with Gasteiger partial charge in [0.25, 0.3) is 0 Å². The Morgan fingerprint density at radius 1 is 1.28 bits per heavy atom. The summed E-state index contributed by atoms with van der Waals surface area (Å²) in [7, 11) is 0. The van der Waals surface area contributed by atoms with Gasteiger partial charge in [-0.2, -0.15) is 0 Å². The Morgan fingerprint density at radius 3 is 2.44 bits per heavy atom. The molecule has 18 heavy (non-hydrogen) atoms. The standard InChI is InChI=1S/C15H21IO2/c1-2-5-14(15(17)18)13-9-7-12(8-10-13)6-3-4-11-16/h7-10,14H,2-6,11H2,1H3,(H,17,18)/t14-/m0/s1. The molecular weight excluding hydrogens is 339 g/mol. The van der Waals surface area contributed by atoms with Gasteiger partial charge in [0.2, 0.25) is 0 Å². The number of hydrogen-bond acceptors (Lipinski definition) is 1. The summed E-state index contributed by atoms with van der Waals surface area (Å²) in [4.78, 5) is 11.2. The second-order valence-corrected chi connectivity index (χ2v) is 5.65. The lowest BCUT2D eigenvalue weighted by Gasteiger charge is -2.12. The molecule has 0 unspecified atom stereocenters. The van der Waals surface area contributed by atoms with Gasteiger partial charge < -0.3 is 5.11 Å². The van der Waals surface area contributed by atoms with E-state index in [-0.39, 0.29) is 5.92 Å². The number of rotatable bonds is 8. The van der Waals surface area contributed by atoms with E-state index in [0.29, 0.717) is 6.42 Å². The molecule has 2 nitrogen and oxygen atoms in total. The summed E-state index contributed by atoms with van der Waals surface area (Å²) in [5.74, 6) is -1.06. The molecule has 100 valence electrons. The van der Waals surface area contributed by atoms with Crippen molar-refractivity contribution in [2.45, 2.75) is 44.9 Å². The monoisotopic (exact) mass is 360 g/mol. The van der Waals surface area contributed by atoms with Crippen LogP contribution >= 0.6 is 22.6 Å². The van der Waals surface area contributed by atoms with Gasteiger partial charge in [0.1, 0.15) is 0 Å². The van der Waals surface area contributed by atoms with Crippen LogP contribution < -0.4 is 0 Å². The molecular formula is C15H21IO2. The zero-order chi connectivity index (χ0) is 13.4. The highest BCUT2D eigenvalue weighted by Gasteiger charge is 2.18. The van der Waals surface area contributed by atoms with E-state index < -0.39 is 5.97 Å². The fraction of sp³-hybridized carbons (Fsp3) is 0.533. The third kappa shape index (κ3) is 4.96. The molecule has 0 amide bonds. The molecule has 3 heteroatoms. The summed E-state index contributed by atoms with van der Waals surface area (Å²) < 4.78 is 1.20. The first-order valence-electron chi connectivity index (χ1n) is 6.56. The van der Waals surface area contributed by atoms with Crippen LogP contribution in [0.5, 0.6) is 0 Å². The first-order chi connectivity index (χ1) is 8.69. The van der Waals surface area contributed by atoms with E-state index in [9.17, 15) is 9.90 Å². The van der Waals surface area contributed by atoms with E-state index >= 15 is 0 Å². The summed E-state index contributed by atoms with van der Waals surface area (Å²) in [5.41, 5.74) is 2.24. The van der Waals surface area contributed by atoms with Gasteiger partial charge in [0, 0.05) is 0 Å². The van der Waals surface area contributed by atoms with Gasteiger partial charge in [-0.05, 0) is 41.2 Å². The van der Waals surface area contributed by atoms with Crippen LogP contribution in [-0.2, 0) is 11.2 Å². The summed E-state index contributed by atoms with van der Waals surface area (Å²) >= 11 is 2.40. The topological polar surface area (TPSA) is 37.3 Å². The maximum absolute atomic E-state index is 11.2. The lowest BCUT2D eigenvalue weighted by atomic mass is 9.93. The highest BCUT2D eigenvalue weighted by atomic mass is 127. The number of hydrogen-bond donors (Lipinski definition) is 1. The molecule has 0 aromatic heterocycles. The van der Waals surface area contributed by atoms with Crippen LogP contribution in [0.4, 0.5) is 0 Å². The van der Waals surface area contributed by atoms with Gasteiger partial charge >= 0.3 is 5.97 Å². The molecule has 0 aliphatic heterocycles. The number of carboxylic acids is 1. The molecule has 0 saturated heterocycles. The van der Waals surface area contributed by atoms with Gasteiger partial charge in [0.15, 0.2) is 0 Å². The predicted molar refractivity (Wildman–Crippen MR) is 83.6 cm³/mol. The quantitative estimate of drug-likeness (QED) is 0.424. The molecule has 0 spiro atoms. The minimum absolute atomic E-state index is 0.349. The highest BCUT2D eigenvalue weighted by molar-refractivity contribution is 14.1. The summed E-state index contributed by atoms with van der Waals surface area (Å²) in [5, 5.41) is 9.20. The first-order valence-corrected chi connectivity index (χ1v) is 8.09. The average Bonchev–Trinajstić information content (AvgIpc) is 2.37. The van der Waals surface area contributed by atoms with Crippen LogP contribution in [0.2, 0.25) is 0 Å². The third-order valence-corrected chi connectivity index (χ3v) is 3.87. The smallest absolute Gasteiger partial charge is 0.310 e. The van der Waals surface area contributed by atoms with Gasteiger partial charge in [-0.3, -0.25) is 4.79 Å². The molecule has 0 aliphatic carbocycles. The molecule has 0 heterocycles. The summed E-state index contributed by atoms with van der Waals surface area (Å²) in [6.07, 6.45) is 5.15. The van der Waals surface area contributed by atoms with E-state index in [0.717, 1.165) is 18.4 Å². The van der Waals surface area contributed by atoms with Crippen LogP contribution in [-0.4, -0.2) is 15.5 Å². The van der Waals surface area contributed by atoms with E-state index in [1.54, 1.807) is 0 Å². The fourth-order valence-electron chi connectivity index (χ4n) is 2.06. The Kier molecular flexibility index (Phi) is 7.32. The van der Waals surface area contributed by atoms with E-state index in [2.05, 4.69) is 34.7 Å². The Morgan fingerprint density at radius 2 is 1.94 bits per heavy atom. The summed E-state index contributed by atoms with van der Waals surface area (Å²) in [6, 6.07) is 8.12. The predicted octanol–water partition coefficient (Wildman–Crippen LogP) is 4.41. The van der Waals surface area contributed by atoms with Crippen LogP contribution in [0.15, 0.2) is 24.3 Å². The molecule has 0 aliphatic rings. The Hall–Kier alpha value is -0.580. The number of halogens is 1. The number of aliphatic carboxylic acids is 1. The molecule has 1 atom stereocenters. The zero-order valence-electron chi connectivity index (χ0n) is 10.9. The number of benzene rings is 1. The van der Waals surface area contributed by atoms with Crippen LogP contribution in [0.3, 0.4) is 0 Å². The minimum atomic E-state index is -0.713. The van der Waals surface area contributed by atoms with E-state index in [1.165, 1.54) is 22.8 Å². The lowest BCUT2D eigenvalue weighted by molar-refractivity contribution is -0.139. The molecule has 1 aromatic carbocycles. The van der Waals surface area contributed by atoms with Crippen LogP contribution in [0.25, 0.3) is 0 Å². The van der Waals surface area contributed by atoms with Crippen molar-refractivity contribution in [3.8, 4) is 0 Å². The van der Waals surface area contributed by atoms with Crippen molar-refractivity contribution in [3.63, 3.8) is 0 Å². The Bertz CT molecular complexity index is 359. The Balaban J connectivity index is 2.65. The molecule has 0 radical (unpaired) electrons. The molecule has 1 aromatic rings. The van der Waals surface area contributed by atoms with Crippen molar-refractivity contribution in [2.24, 2.45) is 0 Å². The number of alkyl halides is 1. The van der Waals surface area contributed by atoms with Crippen molar-refractivity contribution in [1.82, 2.24) is 0 Å². The highest BCUT2D eigenvalue weighted by Crippen LogP contribution is 2.22. The van der Waals surface area contributed by atoms with E-state index in [1.807, 2.05) is 19.1 Å². The van der Waals surface area contributed by atoms with Crippen molar-refractivity contribution in [2.75, 3.05) is 4.43 Å². The summed E-state index contributed by atoms with van der Waals surface area (Å²) in [6.45, 7) is 2.02. The first kappa shape index (κ1) is 15.5.